The van der Waals surface area contributed by atoms with Gasteiger partial charge in [0.05, 0.1) is 25.4 Å². The van der Waals surface area contributed by atoms with Crippen LogP contribution in [-0.4, -0.2) is 53.3 Å². The third-order valence-corrected chi connectivity index (χ3v) is 4.51. The maximum Gasteiger partial charge on any atom is 0.344 e. The Labute approximate surface area is 171 Å². The molecule has 1 amide bonds. The summed E-state index contributed by atoms with van der Waals surface area (Å²) in [6.07, 6.45) is 1.22. The number of amides is 1. The van der Waals surface area contributed by atoms with E-state index in [1.807, 2.05) is 0 Å². The molecule has 10 nitrogen and oxygen atoms in total. The monoisotopic (exact) mass is 425 g/mol. The van der Waals surface area contributed by atoms with E-state index in [-0.39, 0.29) is 43.4 Å². The molecule has 0 aliphatic heterocycles. The number of rotatable bonds is 10. The van der Waals surface area contributed by atoms with Crippen molar-refractivity contribution in [2.24, 2.45) is 0 Å². The number of hydrogen-bond acceptors (Lipinski definition) is 10. The van der Waals surface area contributed by atoms with E-state index in [1.165, 1.54) is 18.3 Å². The highest BCUT2D eigenvalue weighted by Crippen LogP contribution is 2.35. The molecule has 0 unspecified atom stereocenters. The van der Waals surface area contributed by atoms with Gasteiger partial charge in [-0.05, 0) is 25.9 Å². The number of nitrogens with zero attached hydrogens (tertiary/aromatic N) is 2. The maximum atomic E-state index is 12.9. The Morgan fingerprint density at radius 3 is 2.28 bits per heavy atom. The number of carbonyl (C=O) groups is 3. The first-order valence-corrected chi connectivity index (χ1v) is 9.91. The molecule has 0 aliphatic carbocycles. The molecule has 0 fully saturated rings. The van der Waals surface area contributed by atoms with Crippen LogP contribution in [0.25, 0.3) is 10.8 Å². The van der Waals surface area contributed by atoms with Crippen molar-refractivity contribution in [2.75, 3.05) is 19.8 Å². The third-order valence-electron chi connectivity index (χ3n) is 3.74. The third kappa shape index (κ3) is 4.91. The van der Waals surface area contributed by atoms with Crippen LogP contribution in [0, 0.1) is 0 Å². The van der Waals surface area contributed by atoms with Crippen LogP contribution in [0.2, 0.25) is 0 Å². The van der Waals surface area contributed by atoms with E-state index >= 15 is 0 Å². The van der Waals surface area contributed by atoms with E-state index in [9.17, 15) is 14.4 Å². The lowest BCUT2D eigenvalue weighted by Gasteiger charge is -2.29. The van der Waals surface area contributed by atoms with Gasteiger partial charge >= 0.3 is 11.9 Å². The van der Waals surface area contributed by atoms with E-state index in [4.69, 9.17) is 18.7 Å². The molecule has 2 aromatic heterocycles. The second kappa shape index (κ2) is 10.0. The second-order valence-corrected chi connectivity index (χ2v) is 6.66. The summed E-state index contributed by atoms with van der Waals surface area (Å²) in [5, 5.41) is 8.51. The van der Waals surface area contributed by atoms with Gasteiger partial charge in [0, 0.05) is 24.9 Å². The zero-order chi connectivity index (χ0) is 21.4. The van der Waals surface area contributed by atoms with Crippen molar-refractivity contribution in [3.05, 3.63) is 17.1 Å². The first-order chi connectivity index (χ1) is 13.9. The van der Waals surface area contributed by atoms with E-state index in [0.717, 1.165) is 0 Å². The Hall–Kier alpha value is -2.95. The molecule has 0 radical (unpaired) electrons. The van der Waals surface area contributed by atoms with Crippen LogP contribution in [0.15, 0.2) is 16.1 Å². The van der Waals surface area contributed by atoms with Crippen LogP contribution in [0.4, 0.5) is 0 Å². The molecule has 11 heteroatoms. The molecule has 1 N–H and O–H groups in total. The van der Waals surface area contributed by atoms with Crippen LogP contribution in [0.3, 0.4) is 0 Å². The summed E-state index contributed by atoms with van der Waals surface area (Å²) in [6.45, 7) is 6.39. The summed E-state index contributed by atoms with van der Waals surface area (Å²) in [7, 11) is 0. The Morgan fingerprint density at radius 1 is 1.14 bits per heavy atom. The van der Waals surface area contributed by atoms with Crippen molar-refractivity contribution < 1.29 is 33.1 Å². The number of carbonyl (C=O) groups excluding carboxylic acids is 3. The summed E-state index contributed by atoms with van der Waals surface area (Å²) in [6, 6.07) is 0. The van der Waals surface area contributed by atoms with Gasteiger partial charge in [0.25, 0.3) is 5.88 Å². The molecular weight excluding hydrogens is 402 g/mol. The van der Waals surface area contributed by atoms with Gasteiger partial charge in [-0.2, -0.15) is 0 Å². The highest BCUT2D eigenvalue weighted by molar-refractivity contribution is 7.13. The lowest BCUT2D eigenvalue weighted by Crippen LogP contribution is -2.62. The first-order valence-electron chi connectivity index (χ1n) is 9.03. The van der Waals surface area contributed by atoms with Gasteiger partial charge in [0.1, 0.15) is 0 Å². The van der Waals surface area contributed by atoms with Gasteiger partial charge in [0.2, 0.25) is 17.2 Å². The van der Waals surface area contributed by atoms with Crippen LogP contribution >= 0.6 is 11.3 Å². The lowest BCUT2D eigenvalue weighted by molar-refractivity contribution is -0.168. The Morgan fingerprint density at radius 2 is 1.79 bits per heavy atom. The van der Waals surface area contributed by atoms with Crippen LogP contribution in [0.5, 0.6) is 5.88 Å². The van der Waals surface area contributed by atoms with Crippen LogP contribution in [-0.2, 0) is 30.3 Å². The molecule has 0 atom stereocenters. The topological polar surface area (TPSA) is 130 Å². The molecule has 2 aromatic rings. The van der Waals surface area contributed by atoms with Crippen LogP contribution < -0.4 is 10.1 Å². The van der Waals surface area contributed by atoms with E-state index < -0.39 is 23.4 Å². The lowest BCUT2D eigenvalue weighted by atomic mass is 9.90. The number of hydrogen-bond donors (Lipinski definition) is 1. The van der Waals surface area contributed by atoms with Crippen molar-refractivity contribution >= 4 is 29.2 Å². The minimum Gasteiger partial charge on any atom is -0.476 e. The average Bonchev–Trinajstić information content (AvgIpc) is 3.31. The van der Waals surface area contributed by atoms with E-state index in [1.54, 1.807) is 32.3 Å². The summed E-state index contributed by atoms with van der Waals surface area (Å²) in [4.78, 5) is 41.8. The van der Waals surface area contributed by atoms with E-state index in [0.29, 0.717) is 5.01 Å². The van der Waals surface area contributed by atoms with Crippen molar-refractivity contribution in [2.45, 2.75) is 39.7 Å². The van der Waals surface area contributed by atoms with Crippen molar-refractivity contribution in [1.82, 2.24) is 15.5 Å². The first kappa shape index (κ1) is 22.3. The molecule has 0 aromatic carbocycles. The predicted octanol–water partition coefficient (Wildman–Crippen LogP) is 1.74. The normalized spacial score (nSPS) is 11.0. The molecule has 158 valence electrons. The number of esters is 2. The van der Waals surface area contributed by atoms with Gasteiger partial charge in [-0.25, -0.2) is 14.6 Å². The summed E-state index contributed by atoms with van der Waals surface area (Å²) >= 11 is 1.28. The smallest absolute Gasteiger partial charge is 0.344 e. The number of nitrogens with one attached hydrogen (secondary N) is 1. The fourth-order valence-corrected chi connectivity index (χ4v) is 3.29. The largest absolute Gasteiger partial charge is 0.476 e. The highest BCUT2D eigenvalue weighted by atomic mass is 32.1. The number of aromatic nitrogens is 2. The van der Waals surface area contributed by atoms with Crippen LogP contribution in [0.1, 0.15) is 33.3 Å². The van der Waals surface area contributed by atoms with Crippen molar-refractivity contribution in [3.8, 4) is 16.6 Å². The SMILES string of the molecule is CCOC(=O)C(Cc1c(OCC)noc1-c1nccs1)(NC(C)=O)C(=O)OCC. The second-order valence-electron chi connectivity index (χ2n) is 5.77. The quantitative estimate of drug-likeness (QED) is 0.447. The Bertz CT molecular complexity index is 830. The van der Waals surface area contributed by atoms with Crippen molar-refractivity contribution in [1.29, 1.82) is 0 Å². The van der Waals surface area contributed by atoms with Crippen molar-refractivity contribution in [3.63, 3.8) is 0 Å². The van der Waals surface area contributed by atoms with Gasteiger partial charge in [-0.15, -0.1) is 11.3 Å². The molecule has 0 bridgehead atoms. The molecule has 0 aliphatic rings. The molecule has 0 spiro atoms. The molecule has 0 saturated carbocycles. The Kier molecular flexibility index (Phi) is 7.71. The Balaban J connectivity index is 2.63. The fourth-order valence-electron chi connectivity index (χ4n) is 2.65. The van der Waals surface area contributed by atoms with Gasteiger partial charge < -0.3 is 24.1 Å². The minimum absolute atomic E-state index is 0.000858. The zero-order valence-corrected chi connectivity index (χ0v) is 17.5. The zero-order valence-electron chi connectivity index (χ0n) is 16.6. The summed E-state index contributed by atoms with van der Waals surface area (Å²) in [5.41, 5.74) is -1.85. The summed E-state index contributed by atoms with van der Waals surface area (Å²) < 4.78 is 21.1. The van der Waals surface area contributed by atoms with Gasteiger partial charge in [0.15, 0.2) is 5.01 Å². The minimum atomic E-state index is -2.14. The molecular formula is C18H23N3O7S. The maximum absolute atomic E-state index is 12.9. The van der Waals surface area contributed by atoms with E-state index in [2.05, 4.69) is 15.5 Å². The predicted molar refractivity (Wildman–Crippen MR) is 102 cm³/mol. The molecule has 2 heterocycles. The number of thiazole rings is 1. The average molecular weight is 425 g/mol. The highest BCUT2D eigenvalue weighted by Gasteiger charge is 2.52. The summed E-state index contributed by atoms with van der Waals surface area (Å²) in [5.74, 6) is -2.21. The molecule has 2 rings (SSSR count). The molecule has 0 saturated heterocycles. The van der Waals surface area contributed by atoms with Gasteiger partial charge in [-0.1, -0.05) is 0 Å². The van der Waals surface area contributed by atoms with Gasteiger partial charge in [-0.3, -0.25) is 4.79 Å². The standard InChI is InChI=1S/C18H23N3O7S/c1-5-25-14-12(13(28-21-14)15-19-8-9-29-15)10-18(20-11(4)22,16(23)26-6-2)17(24)27-7-3/h8-9H,5-7,10H2,1-4H3,(H,20,22). The number of ether oxygens (including phenoxy) is 3. The molecule has 29 heavy (non-hydrogen) atoms. The fraction of sp³-hybridized carbons (Fsp3) is 0.500.